The van der Waals surface area contributed by atoms with Gasteiger partial charge < -0.3 is 15.4 Å². The van der Waals surface area contributed by atoms with Crippen LogP contribution in [0.1, 0.15) is 26.7 Å². The van der Waals surface area contributed by atoms with Crippen LogP contribution in [-0.4, -0.2) is 62.1 Å². The number of amides is 2. The van der Waals surface area contributed by atoms with Crippen molar-refractivity contribution >= 4 is 41.8 Å². The number of likely N-dealkylation sites (tertiary alicyclic amines) is 1. The van der Waals surface area contributed by atoms with Crippen molar-refractivity contribution in [2.24, 2.45) is 34.1 Å². The summed E-state index contributed by atoms with van der Waals surface area (Å²) in [6.07, 6.45) is 5.98. The van der Waals surface area contributed by atoms with Crippen LogP contribution in [0.2, 0.25) is 0 Å². The molecule has 2 aliphatic heterocycles. The molecule has 2 saturated heterocycles. The van der Waals surface area contributed by atoms with Crippen molar-refractivity contribution in [2.45, 2.75) is 26.7 Å². The highest BCUT2D eigenvalue weighted by Crippen LogP contribution is 2.52. The van der Waals surface area contributed by atoms with E-state index in [0.717, 1.165) is 45.1 Å². The maximum atomic E-state index is 12.7. The lowest BCUT2D eigenvalue weighted by atomic mass is 9.85. The van der Waals surface area contributed by atoms with Gasteiger partial charge in [-0.3, -0.25) is 19.5 Å². The molecule has 3 fully saturated rings. The Bertz CT molecular complexity index is 646. The molecule has 1 saturated carbocycles. The maximum absolute atomic E-state index is 12.7. The van der Waals surface area contributed by atoms with Crippen LogP contribution < -0.4 is 10.6 Å². The Morgan fingerprint density at radius 1 is 1.21 bits per heavy atom. The van der Waals surface area contributed by atoms with Crippen molar-refractivity contribution < 1.29 is 14.3 Å². The Morgan fingerprint density at radius 2 is 1.86 bits per heavy atom. The Balaban J connectivity index is 0.00000225. The van der Waals surface area contributed by atoms with E-state index in [-0.39, 0.29) is 64.9 Å². The van der Waals surface area contributed by atoms with Crippen LogP contribution in [-0.2, 0) is 14.3 Å². The molecule has 2 amide bonds. The van der Waals surface area contributed by atoms with Crippen LogP contribution in [0.4, 0.5) is 0 Å². The van der Waals surface area contributed by atoms with Gasteiger partial charge in [-0.25, -0.2) is 0 Å². The zero-order chi connectivity index (χ0) is 19.0. The summed E-state index contributed by atoms with van der Waals surface area (Å²) in [5.74, 6) is 1.24. The number of hydrogen-bond donors (Lipinski definition) is 2. The predicted molar refractivity (Wildman–Crippen MR) is 117 cm³/mol. The van der Waals surface area contributed by atoms with Crippen LogP contribution in [0.25, 0.3) is 0 Å². The number of ether oxygens (including phenoxy) is 1. The summed E-state index contributed by atoms with van der Waals surface area (Å²) >= 11 is 0. The molecule has 0 spiro atoms. The van der Waals surface area contributed by atoms with Gasteiger partial charge in [0, 0.05) is 25.0 Å². The summed E-state index contributed by atoms with van der Waals surface area (Å²) in [5, 5.41) is 6.56. The molecule has 2 aliphatic carbocycles. The molecule has 0 aromatic carbocycles. The highest BCUT2D eigenvalue weighted by Gasteiger charge is 2.58. The molecule has 4 aliphatic rings. The van der Waals surface area contributed by atoms with E-state index in [1.54, 1.807) is 0 Å². The molecule has 8 heteroatoms. The number of aliphatic imine (C=N–C) groups is 1. The quantitative estimate of drug-likeness (QED) is 0.137. The molecule has 2 bridgehead atoms. The first-order valence-corrected chi connectivity index (χ1v) is 10.2. The Labute approximate surface area is 183 Å². The molecule has 7 nitrogen and oxygen atoms in total. The third kappa shape index (κ3) is 3.94. The van der Waals surface area contributed by atoms with E-state index >= 15 is 0 Å². The Kier molecular flexibility index (Phi) is 6.69. The summed E-state index contributed by atoms with van der Waals surface area (Å²) < 4.78 is 5.27. The smallest absolute Gasteiger partial charge is 0.233 e. The molecule has 4 atom stereocenters. The zero-order valence-electron chi connectivity index (χ0n) is 16.6. The van der Waals surface area contributed by atoms with Crippen molar-refractivity contribution in [3.8, 4) is 0 Å². The van der Waals surface area contributed by atoms with Crippen molar-refractivity contribution in [1.82, 2.24) is 15.5 Å². The number of fused-ring (bicyclic) bond motifs is 5. The number of carbonyl (C=O) groups is 2. The summed E-state index contributed by atoms with van der Waals surface area (Å²) in [5.41, 5.74) is 0.141. The molecule has 0 aromatic heterocycles. The number of halogens is 1. The second-order valence-electron chi connectivity index (χ2n) is 8.61. The van der Waals surface area contributed by atoms with Gasteiger partial charge in [-0.15, -0.1) is 24.0 Å². The number of carbonyl (C=O) groups excluding carboxylic acids is 2. The minimum atomic E-state index is -0.0928. The fourth-order valence-corrected chi connectivity index (χ4v) is 4.78. The van der Waals surface area contributed by atoms with E-state index in [4.69, 9.17) is 4.74 Å². The number of guanidine groups is 1. The third-order valence-corrected chi connectivity index (χ3v) is 6.28. The van der Waals surface area contributed by atoms with Crippen LogP contribution in [0.3, 0.4) is 0 Å². The number of imide groups is 1. The monoisotopic (exact) mass is 502 g/mol. The van der Waals surface area contributed by atoms with Crippen LogP contribution in [0, 0.1) is 29.1 Å². The van der Waals surface area contributed by atoms with Gasteiger partial charge in [-0.1, -0.05) is 19.1 Å². The van der Waals surface area contributed by atoms with Gasteiger partial charge in [0.05, 0.1) is 31.6 Å². The second kappa shape index (κ2) is 8.69. The van der Waals surface area contributed by atoms with Gasteiger partial charge in [0.25, 0.3) is 0 Å². The molecule has 0 aromatic rings. The zero-order valence-corrected chi connectivity index (χ0v) is 19.0. The van der Waals surface area contributed by atoms with E-state index in [2.05, 4.69) is 34.7 Å². The van der Waals surface area contributed by atoms with Crippen molar-refractivity contribution in [2.75, 3.05) is 39.4 Å². The number of nitrogens with one attached hydrogen (secondary N) is 2. The fraction of sp³-hybridized carbons (Fsp3) is 0.750. The van der Waals surface area contributed by atoms with Gasteiger partial charge in [0.2, 0.25) is 11.8 Å². The molecule has 2 N–H and O–H groups in total. The van der Waals surface area contributed by atoms with E-state index in [0.29, 0.717) is 13.1 Å². The second-order valence-corrected chi connectivity index (χ2v) is 8.61. The lowest BCUT2D eigenvalue weighted by Gasteiger charge is -2.36. The molecule has 156 valence electrons. The van der Waals surface area contributed by atoms with Crippen molar-refractivity contribution in [3.05, 3.63) is 12.2 Å². The Morgan fingerprint density at radius 3 is 2.39 bits per heavy atom. The number of hydrogen-bond acceptors (Lipinski definition) is 4. The summed E-state index contributed by atoms with van der Waals surface area (Å²) in [6.45, 7) is 8.41. The largest absolute Gasteiger partial charge is 0.380 e. The van der Waals surface area contributed by atoms with Crippen molar-refractivity contribution in [1.29, 1.82) is 0 Å². The van der Waals surface area contributed by atoms with Gasteiger partial charge in [-0.2, -0.15) is 0 Å². The lowest BCUT2D eigenvalue weighted by molar-refractivity contribution is -0.140. The molecule has 0 radical (unpaired) electrons. The molecular formula is C20H31IN4O3. The first-order valence-electron chi connectivity index (χ1n) is 10.2. The van der Waals surface area contributed by atoms with Crippen LogP contribution in [0.15, 0.2) is 17.1 Å². The summed E-state index contributed by atoms with van der Waals surface area (Å²) in [7, 11) is 0. The van der Waals surface area contributed by atoms with Gasteiger partial charge in [-0.05, 0) is 31.6 Å². The number of nitrogens with zero attached hydrogens (tertiary/aromatic N) is 2. The average Bonchev–Trinajstić information content (AvgIpc) is 3.30. The molecular weight excluding hydrogens is 471 g/mol. The molecule has 28 heavy (non-hydrogen) atoms. The van der Waals surface area contributed by atoms with Crippen LogP contribution >= 0.6 is 24.0 Å². The minimum Gasteiger partial charge on any atom is -0.380 e. The van der Waals surface area contributed by atoms with Gasteiger partial charge >= 0.3 is 0 Å². The van der Waals surface area contributed by atoms with Crippen molar-refractivity contribution in [3.63, 3.8) is 0 Å². The average molecular weight is 502 g/mol. The lowest BCUT2D eigenvalue weighted by Crippen LogP contribution is -2.44. The van der Waals surface area contributed by atoms with E-state index in [1.807, 2.05) is 6.92 Å². The number of rotatable bonds is 7. The van der Waals surface area contributed by atoms with Gasteiger partial charge in [0.15, 0.2) is 5.96 Å². The predicted octanol–water partition coefficient (Wildman–Crippen LogP) is 1.39. The minimum absolute atomic E-state index is 0. The molecule has 2 heterocycles. The standard InChI is InChI=1S/C20H30N4O3.HI/c1-3-21-19(23-10-20(2)11-27-12-20)22-7-4-8-24-17(25)15-13-5-6-14(9-13)16(15)18(24)26;/h5-6,13-16H,3-4,7-12H2,1-2H3,(H2,21,22,23);1H. The fourth-order valence-electron chi connectivity index (χ4n) is 4.78. The Hall–Kier alpha value is -1.16. The van der Waals surface area contributed by atoms with E-state index in [9.17, 15) is 9.59 Å². The highest BCUT2D eigenvalue weighted by molar-refractivity contribution is 14.0. The van der Waals surface area contributed by atoms with Crippen LogP contribution in [0.5, 0.6) is 0 Å². The molecule has 4 rings (SSSR count). The summed E-state index contributed by atoms with van der Waals surface area (Å²) in [6, 6.07) is 0. The normalized spacial score (nSPS) is 32.2. The van der Waals surface area contributed by atoms with E-state index in [1.165, 1.54) is 4.90 Å². The molecule has 4 unspecified atom stereocenters. The first kappa shape index (κ1) is 21.5. The SMILES string of the molecule is CCNC(=NCC1(C)COC1)NCCCN1C(=O)C2C3C=CC(C3)C2C1=O.I. The first-order chi connectivity index (χ1) is 13.0. The maximum Gasteiger partial charge on any atom is 0.233 e. The number of allylic oxidation sites excluding steroid dienone is 2. The van der Waals surface area contributed by atoms with E-state index < -0.39 is 0 Å². The summed E-state index contributed by atoms with van der Waals surface area (Å²) in [4.78, 5) is 31.5. The third-order valence-electron chi connectivity index (χ3n) is 6.28. The van der Waals surface area contributed by atoms with Gasteiger partial charge in [0.1, 0.15) is 0 Å². The topological polar surface area (TPSA) is 83.0 Å². The highest BCUT2D eigenvalue weighted by atomic mass is 127.